The number of aryl methyl sites for hydroxylation is 2. The van der Waals surface area contributed by atoms with Gasteiger partial charge in [-0.2, -0.15) is 0 Å². The summed E-state index contributed by atoms with van der Waals surface area (Å²) in [6.07, 6.45) is 8.07. The topological polar surface area (TPSA) is 28.7 Å². The lowest BCUT2D eigenvalue weighted by atomic mass is 10.1. The van der Waals surface area contributed by atoms with Gasteiger partial charge in [-0.25, -0.2) is 4.98 Å². The van der Waals surface area contributed by atoms with Crippen molar-refractivity contribution in [1.29, 1.82) is 0 Å². The van der Waals surface area contributed by atoms with Gasteiger partial charge in [-0.05, 0) is 31.2 Å². The van der Waals surface area contributed by atoms with Gasteiger partial charge >= 0.3 is 0 Å². The molecule has 17 heavy (non-hydrogen) atoms. The molecule has 0 spiro atoms. The molecule has 1 aromatic heterocycles. The predicted octanol–water partition coefficient (Wildman–Crippen LogP) is 3.46. The van der Waals surface area contributed by atoms with Crippen LogP contribution < -0.4 is 0 Å². The largest absolute Gasteiger partial charge is 0.346 e. The predicted molar refractivity (Wildman–Crippen MR) is 69.0 cm³/mol. The average Bonchev–Trinajstić information content (AvgIpc) is 3.11. The second-order valence-corrected chi connectivity index (χ2v) is 4.90. The number of rotatable bonds is 5. The second kappa shape index (κ2) is 4.74. The fourth-order valence-electron chi connectivity index (χ4n) is 2.21. The van der Waals surface area contributed by atoms with Crippen LogP contribution in [0.5, 0.6) is 0 Å². The third-order valence-corrected chi connectivity index (χ3v) is 3.39. The molecule has 0 amide bonds. The molecule has 2 aromatic rings. The fraction of sp³-hybridized carbons (Fsp3) is 0.400. The van der Waals surface area contributed by atoms with E-state index in [4.69, 9.17) is 0 Å². The maximum Gasteiger partial charge on any atom is 0.106 e. The quantitative estimate of drug-likeness (QED) is 0.831. The molecule has 1 N–H and O–H groups in total. The van der Waals surface area contributed by atoms with Crippen molar-refractivity contribution < 1.29 is 0 Å². The van der Waals surface area contributed by atoms with Crippen molar-refractivity contribution >= 4 is 0 Å². The van der Waals surface area contributed by atoms with Gasteiger partial charge in [-0.3, -0.25) is 0 Å². The summed E-state index contributed by atoms with van der Waals surface area (Å²) in [6, 6.07) is 10.7. The van der Waals surface area contributed by atoms with E-state index in [1.807, 2.05) is 6.20 Å². The minimum atomic E-state index is 0.783. The van der Waals surface area contributed by atoms with E-state index in [2.05, 4.69) is 40.3 Å². The van der Waals surface area contributed by atoms with Gasteiger partial charge in [-0.1, -0.05) is 30.3 Å². The zero-order chi connectivity index (χ0) is 11.5. The van der Waals surface area contributed by atoms with Crippen LogP contribution in [0.1, 0.15) is 42.3 Å². The van der Waals surface area contributed by atoms with Crippen molar-refractivity contribution in [2.45, 2.75) is 38.0 Å². The van der Waals surface area contributed by atoms with Crippen LogP contribution in [0.2, 0.25) is 0 Å². The minimum absolute atomic E-state index is 0.783. The van der Waals surface area contributed by atoms with Gasteiger partial charge in [0.15, 0.2) is 0 Å². The molecule has 0 atom stereocenters. The molecule has 3 rings (SSSR count). The Labute approximate surface area is 102 Å². The van der Waals surface area contributed by atoms with Crippen LogP contribution >= 0.6 is 0 Å². The van der Waals surface area contributed by atoms with Crippen LogP contribution in [0.4, 0.5) is 0 Å². The van der Waals surface area contributed by atoms with E-state index in [9.17, 15) is 0 Å². The number of imidazole rings is 1. The molecule has 1 saturated carbocycles. The van der Waals surface area contributed by atoms with Gasteiger partial charge in [-0.15, -0.1) is 0 Å². The van der Waals surface area contributed by atoms with E-state index in [-0.39, 0.29) is 0 Å². The molecule has 1 heterocycles. The van der Waals surface area contributed by atoms with E-state index in [0.29, 0.717) is 0 Å². The second-order valence-electron chi connectivity index (χ2n) is 4.90. The van der Waals surface area contributed by atoms with Gasteiger partial charge in [0.1, 0.15) is 5.82 Å². The van der Waals surface area contributed by atoms with E-state index in [1.54, 1.807) is 0 Å². The highest BCUT2D eigenvalue weighted by Gasteiger charge is 2.25. The standard InChI is InChI=1S/C15H18N2/c1-2-5-12(6-3-1)7-4-8-15-16-11-14(17-15)13-9-10-13/h1-3,5-6,11,13H,4,7-10H2,(H,16,17). The van der Waals surface area contributed by atoms with Crippen LogP contribution in [0.15, 0.2) is 36.5 Å². The number of nitrogens with one attached hydrogen (secondary N) is 1. The SMILES string of the molecule is c1ccc(CCCc2ncc(C3CC3)[nH]2)cc1. The first-order valence-corrected chi connectivity index (χ1v) is 6.49. The van der Waals surface area contributed by atoms with Crippen LogP contribution in [0.3, 0.4) is 0 Å². The molecule has 2 nitrogen and oxygen atoms in total. The number of aromatic nitrogens is 2. The Morgan fingerprint density at radius 3 is 2.71 bits per heavy atom. The van der Waals surface area contributed by atoms with E-state index < -0.39 is 0 Å². The summed E-state index contributed by atoms with van der Waals surface area (Å²) < 4.78 is 0. The molecule has 0 radical (unpaired) electrons. The molecule has 1 aliphatic rings. The molecule has 0 saturated heterocycles. The zero-order valence-electron chi connectivity index (χ0n) is 10.0. The molecule has 88 valence electrons. The lowest BCUT2D eigenvalue weighted by molar-refractivity contribution is 0.779. The van der Waals surface area contributed by atoms with Gasteiger partial charge in [0.2, 0.25) is 0 Å². The van der Waals surface area contributed by atoms with Crippen molar-refractivity contribution in [1.82, 2.24) is 9.97 Å². The Balaban J connectivity index is 1.50. The highest BCUT2D eigenvalue weighted by molar-refractivity contribution is 5.15. The number of benzene rings is 1. The van der Waals surface area contributed by atoms with Crippen molar-refractivity contribution in [2.75, 3.05) is 0 Å². The minimum Gasteiger partial charge on any atom is -0.346 e. The molecule has 1 aromatic carbocycles. The van der Waals surface area contributed by atoms with E-state index >= 15 is 0 Å². The Morgan fingerprint density at radius 2 is 1.94 bits per heavy atom. The van der Waals surface area contributed by atoms with Gasteiger partial charge in [0.05, 0.1) is 0 Å². The van der Waals surface area contributed by atoms with Crippen LogP contribution in [-0.4, -0.2) is 9.97 Å². The number of H-pyrrole nitrogens is 1. The number of nitrogens with zero attached hydrogens (tertiary/aromatic N) is 1. The smallest absolute Gasteiger partial charge is 0.106 e. The molecule has 1 aliphatic carbocycles. The third kappa shape index (κ3) is 2.76. The fourth-order valence-corrected chi connectivity index (χ4v) is 2.21. The molecule has 1 fully saturated rings. The molecule has 0 unspecified atom stereocenters. The van der Waals surface area contributed by atoms with Crippen molar-refractivity contribution in [3.63, 3.8) is 0 Å². The molecule has 0 bridgehead atoms. The molecular weight excluding hydrogens is 208 g/mol. The van der Waals surface area contributed by atoms with Gasteiger partial charge < -0.3 is 4.98 Å². The first-order valence-electron chi connectivity index (χ1n) is 6.49. The van der Waals surface area contributed by atoms with E-state index in [0.717, 1.165) is 24.6 Å². The Bertz CT molecular complexity index is 469. The zero-order valence-corrected chi connectivity index (χ0v) is 10.0. The average molecular weight is 226 g/mol. The lowest BCUT2D eigenvalue weighted by Gasteiger charge is -1.99. The number of hydrogen-bond donors (Lipinski definition) is 1. The maximum absolute atomic E-state index is 4.45. The van der Waals surface area contributed by atoms with Crippen molar-refractivity contribution in [2.24, 2.45) is 0 Å². The van der Waals surface area contributed by atoms with Gasteiger partial charge in [0.25, 0.3) is 0 Å². The Kier molecular flexibility index (Phi) is 2.95. The summed E-state index contributed by atoms with van der Waals surface area (Å²) in [5.74, 6) is 1.94. The maximum atomic E-state index is 4.45. The summed E-state index contributed by atoms with van der Waals surface area (Å²) in [7, 11) is 0. The molecular formula is C15H18N2. The highest BCUT2D eigenvalue weighted by atomic mass is 14.9. The molecule has 0 aliphatic heterocycles. The van der Waals surface area contributed by atoms with Crippen LogP contribution in [-0.2, 0) is 12.8 Å². The number of hydrogen-bond acceptors (Lipinski definition) is 1. The Morgan fingerprint density at radius 1 is 1.12 bits per heavy atom. The summed E-state index contributed by atoms with van der Waals surface area (Å²) in [5, 5.41) is 0. The summed E-state index contributed by atoms with van der Waals surface area (Å²) >= 11 is 0. The van der Waals surface area contributed by atoms with Crippen LogP contribution in [0.25, 0.3) is 0 Å². The van der Waals surface area contributed by atoms with Gasteiger partial charge in [0, 0.05) is 24.2 Å². The van der Waals surface area contributed by atoms with E-state index in [1.165, 1.54) is 30.5 Å². The first kappa shape index (κ1) is 10.6. The van der Waals surface area contributed by atoms with Crippen LogP contribution in [0, 0.1) is 0 Å². The highest BCUT2D eigenvalue weighted by Crippen LogP contribution is 2.38. The molecule has 2 heteroatoms. The van der Waals surface area contributed by atoms with Crippen molar-refractivity contribution in [3.05, 3.63) is 53.6 Å². The lowest BCUT2D eigenvalue weighted by Crippen LogP contribution is -1.92. The first-order chi connectivity index (χ1) is 8.42. The number of aromatic amines is 1. The Hall–Kier alpha value is -1.57. The van der Waals surface area contributed by atoms with Crippen molar-refractivity contribution in [3.8, 4) is 0 Å². The normalized spacial score (nSPS) is 15.1. The monoisotopic (exact) mass is 226 g/mol. The summed E-state index contributed by atoms with van der Waals surface area (Å²) in [5.41, 5.74) is 2.76. The third-order valence-electron chi connectivity index (χ3n) is 3.39. The summed E-state index contributed by atoms with van der Waals surface area (Å²) in [6.45, 7) is 0. The summed E-state index contributed by atoms with van der Waals surface area (Å²) in [4.78, 5) is 7.90.